The largest absolute Gasteiger partial charge is 0.367 e. The third kappa shape index (κ3) is 3.50. The first-order valence-electron chi connectivity index (χ1n) is 9.70. The van der Waals surface area contributed by atoms with Crippen molar-refractivity contribution in [2.24, 2.45) is 0 Å². The van der Waals surface area contributed by atoms with Crippen molar-refractivity contribution in [2.75, 3.05) is 10.6 Å². The van der Waals surface area contributed by atoms with Gasteiger partial charge in [0.2, 0.25) is 5.91 Å². The first-order chi connectivity index (χ1) is 14.5. The summed E-state index contributed by atoms with van der Waals surface area (Å²) in [6, 6.07) is 8.00. The summed E-state index contributed by atoms with van der Waals surface area (Å²) < 4.78 is 1.71. The van der Waals surface area contributed by atoms with Crippen LogP contribution >= 0.6 is 11.6 Å². The molecule has 9 heteroatoms. The molecule has 1 saturated carbocycles. The number of aromatic nitrogens is 3. The van der Waals surface area contributed by atoms with E-state index in [1.807, 2.05) is 31.2 Å². The van der Waals surface area contributed by atoms with Gasteiger partial charge in [0.05, 0.1) is 23.3 Å². The average molecular weight is 423 g/mol. The molecule has 8 nitrogen and oxygen atoms in total. The number of anilines is 3. The smallest absolute Gasteiger partial charge is 0.254 e. The summed E-state index contributed by atoms with van der Waals surface area (Å²) in [7, 11) is 0. The lowest BCUT2D eigenvalue weighted by molar-refractivity contribution is -0.124. The monoisotopic (exact) mass is 422 g/mol. The van der Waals surface area contributed by atoms with Gasteiger partial charge in [0.15, 0.2) is 5.65 Å². The second-order valence-electron chi connectivity index (χ2n) is 7.56. The van der Waals surface area contributed by atoms with E-state index in [0.29, 0.717) is 33.7 Å². The number of halogens is 1. The minimum absolute atomic E-state index is 0.0557. The van der Waals surface area contributed by atoms with Gasteiger partial charge in [-0.3, -0.25) is 14.9 Å². The Morgan fingerprint density at radius 3 is 2.83 bits per heavy atom. The van der Waals surface area contributed by atoms with Crippen molar-refractivity contribution >= 4 is 52.5 Å². The zero-order chi connectivity index (χ0) is 20.8. The number of aryl methyl sites for hydroxylation is 1. The first-order valence-corrected chi connectivity index (χ1v) is 10.1. The highest BCUT2D eigenvalue weighted by Crippen LogP contribution is 2.31. The molecular formula is C21H19ClN6O2. The molecular weight excluding hydrogens is 404 g/mol. The van der Waals surface area contributed by atoms with E-state index in [-0.39, 0.29) is 18.2 Å². The van der Waals surface area contributed by atoms with Crippen molar-refractivity contribution < 1.29 is 9.59 Å². The van der Waals surface area contributed by atoms with E-state index in [9.17, 15) is 9.59 Å². The molecule has 152 valence electrons. The van der Waals surface area contributed by atoms with E-state index >= 15 is 0 Å². The number of nitrogens with zero attached hydrogens (tertiary/aromatic N) is 3. The summed E-state index contributed by atoms with van der Waals surface area (Å²) in [6.07, 6.45) is 5.59. The van der Waals surface area contributed by atoms with Gasteiger partial charge >= 0.3 is 0 Å². The number of benzene rings is 1. The fourth-order valence-corrected chi connectivity index (χ4v) is 3.68. The minimum atomic E-state index is -0.378. The minimum Gasteiger partial charge on any atom is -0.367 e. The molecule has 30 heavy (non-hydrogen) atoms. The average Bonchev–Trinajstić information content (AvgIpc) is 3.34. The number of nitrogens with one attached hydrogen (secondary N) is 3. The summed E-state index contributed by atoms with van der Waals surface area (Å²) in [5, 5.41) is 14.1. The van der Waals surface area contributed by atoms with E-state index in [4.69, 9.17) is 16.6 Å². The zero-order valence-electron chi connectivity index (χ0n) is 16.2. The number of rotatable bonds is 5. The van der Waals surface area contributed by atoms with Crippen molar-refractivity contribution in [3.05, 3.63) is 52.2 Å². The van der Waals surface area contributed by atoms with Crippen LogP contribution in [0.1, 0.15) is 30.4 Å². The molecule has 0 bridgehead atoms. The van der Waals surface area contributed by atoms with E-state index in [1.165, 1.54) is 0 Å². The van der Waals surface area contributed by atoms with Gasteiger partial charge < -0.3 is 10.6 Å². The molecule has 3 N–H and O–H groups in total. The fraction of sp³-hybridized carbons (Fsp3) is 0.238. The third-order valence-electron chi connectivity index (χ3n) is 5.13. The molecule has 2 aromatic heterocycles. The van der Waals surface area contributed by atoms with Crippen molar-refractivity contribution in [1.82, 2.24) is 19.9 Å². The lowest BCUT2D eigenvalue weighted by Gasteiger charge is -2.14. The lowest BCUT2D eigenvalue weighted by atomic mass is 10.1. The Balaban J connectivity index is 1.60. The Labute approximate surface area is 177 Å². The van der Waals surface area contributed by atoms with Crippen LogP contribution in [0.25, 0.3) is 11.7 Å². The molecule has 0 unspecified atom stereocenters. The van der Waals surface area contributed by atoms with Gasteiger partial charge in [0.1, 0.15) is 11.6 Å². The molecule has 3 heterocycles. The maximum atomic E-state index is 12.0. The Kier molecular flexibility index (Phi) is 4.43. The van der Waals surface area contributed by atoms with Crippen molar-refractivity contribution in [3.63, 3.8) is 0 Å². The summed E-state index contributed by atoms with van der Waals surface area (Å²) in [5.74, 6) is 0.722. The van der Waals surface area contributed by atoms with Crippen LogP contribution in [-0.4, -0.2) is 32.5 Å². The highest BCUT2D eigenvalue weighted by molar-refractivity contribution is 6.33. The predicted octanol–water partition coefficient (Wildman–Crippen LogP) is 3.44. The van der Waals surface area contributed by atoms with Crippen LogP contribution in [0.3, 0.4) is 0 Å². The molecule has 0 radical (unpaired) electrons. The summed E-state index contributed by atoms with van der Waals surface area (Å²) >= 11 is 6.38. The number of carbonyl (C=O) groups is 2. The molecule has 0 atom stereocenters. The van der Waals surface area contributed by atoms with E-state index in [0.717, 1.165) is 29.9 Å². The van der Waals surface area contributed by atoms with Crippen LogP contribution in [0, 0.1) is 6.92 Å². The van der Waals surface area contributed by atoms with Gasteiger partial charge in [0.25, 0.3) is 5.91 Å². The van der Waals surface area contributed by atoms with Gasteiger partial charge in [-0.15, -0.1) is 0 Å². The normalized spacial score (nSPS) is 17.6. The summed E-state index contributed by atoms with van der Waals surface area (Å²) in [5.41, 5.74) is 3.42. The Hall–Kier alpha value is -3.39. The molecule has 2 fully saturated rings. The second kappa shape index (κ2) is 7.14. The third-order valence-corrected chi connectivity index (χ3v) is 5.44. The van der Waals surface area contributed by atoms with Crippen LogP contribution in [0.4, 0.5) is 17.3 Å². The molecule has 3 aromatic rings. The van der Waals surface area contributed by atoms with E-state index in [1.54, 1.807) is 16.8 Å². The van der Waals surface area contributed by atoms with Gasteiger partial charge in [-0.25, -0.2) is 4.98 Å². The van der Waals surface area contributed by atoms with Gasteiger partial charge in [-0.1, -0.05) is 23.7 Å². The summed E-state index contributed by atoms with van der Waals surface area (Å²) in [4.78, 5) is 28.2. The molecule has 1 saturated heterocycles. The maximum Gasteiger partial charge on any atom is 0.254 e. The number of imide groups is 1. The van der Waals surface area contributed by atoms with Crippen LogP contribution in [0.5, 0.6) is 0 Å². The van der Waals surface area contributed by atoms with Gasteiger partial charge in [0, 0.05) is 23.2 Å². The molecule has 1 aliphatic heterocycles. The fourth-order valence-electron chi connectivity index (χ4n) is 3.41. The van der Waals surface area contributed by atoms with E-state index < -0.39 is 0 Å². The SMILES string of the molecule is Cc1cccc(Cl)c1Nc1cc(NC2CC2)n2ncc(/C=C3\CC(=O)NC3=O)c2n1. The highest BCUT2D eigenvalue weighted by atomic mass is 35.5. The van der Waals surface area contributed by atoms with Crippen LogP contribution < -0.4 is 16.0 Å². The van der Waals surface area contributed by atoms with Crippen LogP contribution in [0.15, 0.2) is 36.0 Å². The number of para-hydroxylation sites is 1. The molecule has 5 rings (SSSR count). The highest BCUT2D eigenvalue weighted by Gasteiger charge is 2.26. The van der Waals surface area contributed by atoms with Crippen LogP contribution in [0.2, 0.25) is 5.02 Å². The lowest BCUT2D eigenvalue weighted by Crippen LogP contribution is -2.19. The number of carbonyl (C=O) groups excluding carboxylic acids is 2. The van der Waals surface area contributed by atoms with Crippen molar-refractivity contribution in [2.45, 2.75) is 32.2 Å². The predicted molar refractivity (Wildman–Crippen MR) is 115 cm³/mol. The quantitative estimate of drug-likeness (QED) is 0.430. The second-order valence-corrected chi connectivity index (χ2v) is 7.97. The van der Waals surface area contributed by atoms with E-state index in [2.05, 4.69) is 21.0 Å². The molecule has 1 aromatic carbocycles. The Morgan fingerprint density at radius 1 is 1.30 bits per heavy atom. The first kappa shape index (κ1) is 18.6. The van der Waals surface area contributed by atoms with Gasteiger partial charge in [-0.2, -0.15) is 9.61 Å². The maximum absolute atomic E-state index is 12.0. The number of amides is 2. The Bertz CT molecular complexity index is 1210. The number of fused-ring (bicyclic) bond motifs is 1. The Morgan fingerprint density at radius 2 is 2.13 bits per heavy atom. The van der Waals surface area contributed by atoms with Crippen molar-refractivity contribution in [1.29, 1.82) is 0 Å². The molecule has 2 aliphatic rings. The summed E-state index contributed by atoms with van der Waals surface area (Å²) in [6.45, 7) is 1.97. The molecule has 2 amide bonds. The molecule has 1 aliphatic carbocycles. The number of hydrogen-bond donors (Lipinski definition) is 3. The standard InChI is InChI=1S/C21H19ClN6O2/c1-11-3-2-4-15(22)19(11)25-16-9-17(24-14-5-6-14)28-20(26-16)13(10-23-28)7-12-8-18(29)27-21(12)30/h2-4,7,9-10,14,24H,5-6,8H2,1H3,(H,25,26)(H,27,29,30)/b12-7+. The van der Waals surface area contributed by atoms with Crippen molar-refractivity contribution in [3.8, 4) is 0 Å². The molecule has 0 spiro atoms. The van der Waals surface area contributed by atoms with Crippen LogP contribution in [-0.2, 0) is 9.59 Å². The topological polar surface area (TPSA) is 100 Å². The van der Waals surface area contributed by atoms with Gasteiger partial charge in [-0.05, 0) is 37.5 Å². The zero-order valence-corrected chi connectivity index (χ0v) is 17.0. The number of hydrogen-bond acceptors (Lipinski definition) is 6.